The molecule has 0 fully saturated rings. The fourth-order valence-electron chi connectivity index (χ4n) is 2.29. The average Bonchev–Trinajstić information content (AvgIpc) is 2.56. The first-order chi connectivity index (χ1) is 10.6. The number of Topliss-reactive ketones (excluding diaryl/α,β-unsaturated/α-hetero) is 2. The van der Waals surface area contributed by atoms with Crippen molar-refractivity contribution in [3.05, 3.63) is 83.4 Å². The van der Waals surface area contributed by atoms with Crippen molar-refractivity contribution >= 4 is 11.6 Å². The van der Waals surface area contributed by atoms with Crippen LogP contribution in [0.15, 0.2) is 72.3 Å². The molecule has 0 bridgehead atoms. The van der Waals surface area contributed by atoms with Gasteiger partial charge in [0.15, 0.2) is 11.6 Å². The molecule has 2 heteroatoms. The van der Waals surface area contributed by atoms with E-state index < -0.39 is 5.92 Å². The number of rotatable bonds is 6. The highest BCUT2D eigenvalue weighted by molar-refractivity contribution is 6.16. The lowest BCUT2D eigenvalue weighted by atomic mass is 9.87. The minimum Gasteiger partial charge on any atom is -0.293 e. The molecular formula is C20H20O2. The van der Waals surface area contributed by atoms with Gasteiger partial charge in [0.05, 0.1) is 5.92 Å². The van der Waals surface area contributed by atoms with Gasteiger partial charge in [-0.25, -0.2) is 0 Å². The van der Waals surface area contributed by atoms with Crippen molar-refractivity contribution in [3.8, 4) is 0 Å². The first kappa shape index (κ1) is 15.9. The maximum atomic E-state index is 12.7. The molecule has 0 spiro atoms. The molecule has 0 N–H and O–H groups in total. The molecule has 0 aromatic heterocycles. The first-order valence-corrected chi connectivity index (χ1v) is 7.41. The monoisotopic (exact) mass is 292 g/mol. The van der Waals surface area contributed by atoms with Crippen molar-refractivity contribution < 1.29 is 9.59 Å². The zero-order chi connectivity index (χ0) is 15.9. The van der Waals surface area contributed by atoms with Crippen molar-refractivity contribution in [3.63, 3.8) is 0 Å². The molecule has 0 heterocycles. The van der Waals surface area contributed by atoms with Crippen LogP contribution in [0.5, 0.6) is 0 Å². The minimum absolute atomic E-state index is 0.119. The lowest BCUT2D eigenvalue weighted by Gasteiger charge is -2.13. The van der Waals surface area contributed by atoms with Crippen LogP contribution < -0.4 is 0 Å². The minimum atomic E-state index is -0.667. The molecule has 0 aliphatic carbocycles. The van der Waals surface area contributed by atoms with E-state index in [-0.39, 0.29) is 11.6 Å². The zero-order valence-electron chi connectivity index (χ0n) is 13.0. The van der Waals surface area contributed by atoms with E-state index in [1.165, 1.54) is 0 Å². The smallest absolute Gasteiger partial charge is 0.174 e. The molecule has 0 radical (unpaired) electrons. The lowest BCUT2D eigenvalue weighted by Crippen LogP contribution is -2.24. The van der Waals surface area contributed by atoms with Crippen molar-refractivity contribution in [1.82, 2.24) is 0 Å². The second kappa shape index (κ2) is 7.51. The normalized spacial score (nSPS) is 10.3. The summed E-state index contributed by atoms with van der Waals surface area (Å²) in [7, 11) is 0. The molecule has 0 atom stereocenters. The molecule has 0 unspecified atom stereocenters. The van der Waals surface area contributed by atoms with Crippen LogP contribution in [0, 0.1) is 5.92 Å². The van der Waals surface area contributed by atoms with Crippen LogP contribution in [-0.4, -0.2) is 11.6 Å². The van der Waals surface area contributed by atoms with Crippen LogP contribution in [0.3, 0.4) is 0 Å². The molecule has 0 saturated carbocycles. The maximum Gasteiger partial charge on any atom is 0.174 e. The van der Waals surface area contributed by atoms with E-state index in [9.17, 15) is 9.59 Å². The zero-order valence-corrected chi connectivity index (χ0v) is 13.0. The highest BCUT2D eigenvalue weighted by Gasteiger charge is 2.27. The van der Waals surface area contributed by atoms with E-state index in [1.54, 1.807) is 24.3 Å². The Morgan fingerprint density at radius 3 is 1.59 bits per heavy atom. The van der Waals surface area contributed by atoms with Crippen LogP contribution in [-0.2, 0) is 0 Å². The molecule has 0 aliphatic rings. The molecular weight excluding hydrogens is 272 g/mol. The van der Waals surface area contributed by atoms with E-state index in [1.807, 2.05) is 56.3 Å². The van der Waals surface area contributed by atoms with Gasteiger partial charge in [-0.05, 0) is 20.3 Å². The molecule has 2 aromatic rings. The number of hydrogen-bond donors (Lipinski definition) is 0. The van der Waals surface area contributed by atoms with Crippen LogP contribution in [0.1, 0.15) is 41.0 Å². The number of benzene rings is 2. The quantitative estimate of drug-likeness (QED) is 0.438. The van der Waals surface area contributed by atoms with Gasteiger partial charge in [-0.15, -0.1) is 0 Å². The average molecular weight is 292 g/mol. The lowest BCUT2D eigenvalue weighted by molar-refractivity contribution is 0.0809. The fraction of sp³-hybridized carbons (Fsp3) is 0.200. The molecule has 2 rings (SSSR count). The topological polar surface area (TPSA) is 34.1 Å². The van der Waals surface area contributed by atoms with Crippen molar-refractivity contribution in [2.45, 2.75) is 20.3 Å². The maximum absolute atomic E-state index is 12.7. The van der Waals surface area contributed by atoms with Crippen LogP contribution in [0.4, 0.5) is 0 Å². The second-order valence-electron chi connectivity index (χ2n) is 5.53. The fourth-order valence-corrected chi connectivity index (χ4v) is 2.29. The highest BCUT2D eigenvalue weighted by Crippen LogP contribution is 2.19. The number of ketones is 2. The summed E-state index contributed by atoms with van der Waals surface area (Å²) in [6.07, 6.45) is 2.39. The van der Waals surface area contributed by atoms with Gasteiger partial charge in [-0.3, -0.25) is 9.59 Å². The Kier molecular flexibility index (Phi) is 5.42. The highest BCUT2D eigenvalue weighted by atomic mass is 16.1. The number of allylic oxidation sites excluding steroid dienone is 2. The summed E-state index contributed by atoms with van der Waals surface area (Å²) in [4.78, 5) is 25.4. The van der Waals surface area contributed by atoms with Crippen LogP contribution in [0.25, 0.3) is 0 Å². The van der Waals surface area contributed by atoms with E-state index in [2.05, 4.69) is 0 Å². The first-order valence-electron chi connectivity index (χ1n) is 7.41. The van der Waals surface area contributed by atoms with E-state index in [0.29, 0.717) is 17.5 Å². The van der Waals surface area contributed by atoms with Crippen LogP contribution >= 0.6 is 0 Å². The number of hydrogen-bond acceptors (Lipinski definition) is 2. The summed E-state index contributed by atoms with van der Waals surface area (Å²) in [6, 6.07) is 18.0. The molecule has 0 amide bonds. The molecule has 2 aromatic carbocycles. The van der Waals surface area contributed by atoms with E-state index in [4.69, 9.17) is 0 Å². The predicted octanol–water partition coefficient (Wildman–Crippen LogP) is 4.72. The summed E-state index contributed by atoms with van der Waals surface area (Å²) in [5.74, 6) is -0.904. The van der Waals surface area contributed by atoms with Gasteiger partial charge in [-0.1, -0.05) is 72.3 Å². The van der Waals surface area contributed by atoms with E-state index >= 15 is 0 Å². The summed E-state index contributed by atoms with van der Waals surface area (Å²) < 4.78 is 0. The molecule has 112 valence electrons. The van der Waals surface area contributed by atoms with Gasteiger partial charge < -0.3 is 0 Å². The largest absolute Gasteiger partial charge is 0.293 e. The number of carbonyl (C=O) groups excluding carboxylic acids is 2. The third kappa shape index (κ3) is 4.01. The Morgan fingerprint density at radius 1 is 0.818 bits per heavy atom. The van der Waals surface area contributed by atoms with Gasteiger partial charge in [0.2, 0.25) is 0 Å². The molecule has 0 saturated heterocycles. The van der Waals surface area contributed by atoms with Crippen molar-refractivity contribution in [2.24, 2.45) is 5.92 Å². The Balaban J connectivity index is 2.32. The third-order valence-corrected chi connectivity index (χ3v) is 3.51. The number of carbonyl (C=O) groups is 2. The summed E-state index contributed by atoms with van der Waals surface area (Å²) >= 11 is 0. The van der Waals surface area contributed by atoms with Gasteiger partial charge in [0, 0.05) is 11.1 Å². The Labute approximate surface area is 131 Å². The summed E-state index contributed by atoms with van der Waals surface area (Å²) in [6.45, 7) is 3.94. The summed E-state index contributed by atoms with van der Waals surface area (Å²) in [5.41, 5.74) is 2.27. The van der Waals surface area contributed by atoms with Crippen molar-refractivity contribution in [1.29, 1.82) is 0 Å². The Bertz CT molecular complexity index is 614. The molecule has 0 aliphatic heterocycles. The standard InChI is InChI=1S/C20H20O2/c1-15(2)13-14-18(19(21)16-9-5-3-6-10-16)20(22)17-11-7-4-8-12-17/h3-13,18H,14H2,1-2H3. The second-order valence-corrected chi connectivity index (χ2v) is 5.53. The third-order valence-electron chi connectivity index (χ3n) is 3.51. The van der Waals surface area contributed by atoms with Gasteiger partial charge in [0.1, 0.15) is 0 Å². The van der Waals surface area contributed by atoms with Crippen molar-refractivity contribution in [2.75, 3.05) is 0 Å². The summed E-state index contributed by atoms with van der Waals surface area (Å²) in [5, 5.41) is 0. The van der Waals surface area contributed by atoms with E-state index in [0.717, 1.165) is 5.57 Å². The van der Waals surface area contributed by atoms with Gasteiger partial charge >= 0.3 is 0 Å². The van der Waals surface area contributed by atoms with Gasteiger partial charge in [0.25, 0.3) is 0 Å². The predicted molar refractivity (Wildman–Crippen MR) is 89.1 cm³/mol. The SMILES string of the molecule is CC(C)=CCC(C(=O)c1ccccc1)C(=O)c1ccccc1. The molecule has 2 nitrogen and oxygen atoms in total. The Morgan fingerprint density at radius 2 is 1.23 bits per heavy atom. The van der Waals surface area contributed by atoms with Crippen LogP contribution in [0.2, 0.25) is 0 Å². The van der Waals surface area contributed by atoms with Gasteiger partial charge in [-0.2, -0.15) is 0 Å². The Hall–Kier alpha value is -2.48. The molecule has 22 heavy (non-hydrogen) atoms.